The maximum Gasteiger partial charge on any atom is 0.405 e. The van der Waals surface area contributed by atoms with E-state index in [1.807, 2.05) is 49.5 Å². The Bertz CT molecular complexity index is 803. The number of hydrogen-bond donors (Lipinski definition) is 3. The number of hydrogen-bond acceptors (Lipinski definition) is 4. The van der Waals surface area contributed by atoms with E-state index in [0.717, 1.165) is 30.9 Å². The highest BCUT2D eigenvalue weighted by atomic mass is 16.4. The second-order valence-electron chi connectivity index (χ2n) is 7.37. The number of anilines is 1. The molecular formula is C22H28N4O3. The van der Waals surface area contributed by atoms with Crippen molar-refractivity contribution >= 4 is 17.7 Å². The van der Waals surface area contributed by atoms with E-state index in [0.29, 0.717) is 19.5 Å². The van der Waals surface area contributed by atoms with Crippen LogP contribution in [-0.4, -0.2) is 66.2 Å². The maximum atomic E-state index is 12.8. The molecule has 2 amide bonds. The van der Waals surface area contributed by atoms with Crippen molar-refractivity contribution in [2.45, 2.75) is 19.0 Å². The largest absolute Gasteiger partial charge is 0.465 e. The molecule has 3 rings (SSSR count). The standard InChI is InChI=1S/C22H28N4O3/c1-25-11-13-26(14-12-25)21(27)20(24-22(28)29)15-17-7-9-19(10-8-17)23-16-18-5-3-2-4-6-18/h2-10,20,23-24H,11-16H2,1H3,(H,28,29). The summed E-state index contributed by atoms with van der Waals surface area (Å²) in [4.78, 5) is 28.0. The second kappa shape index (κ2) is 9.93. The third-order valence-electron chi connectivity index (χ3n) is 5.14. The van der Waals surface area contributed by atoms with E-state index in [4.69, 9.17) is 0 Å². The van der Waals surface area contributed by atoms with E-state index < -0.39 is 12.1 Å². The zero-order chi connectivity index (χ0) is 20.6. The number of likely N-dealkylation sites (N-methyl/N-ethyl adjacent to an activating group) is 1. The number of carbonyl (C=O) groups excluding carboxylic acids is 1. The van der Waals surface area contributed by atoms with Gasteiger partial charge in [-0.05, 0) is 30.3 Å². The predicted octanol–water partition coefficient (Wildman–Crippen LogP) is 2.25. The number of nitrogens with one attached hydrogen (secondary N) is 2. The molecule has 3 N–H and O–H groups in total. The number of benzene rings is 2. The van der Waals surface area contributed by atoms with Gasteiger partial charge in [0, 0.05) is 44.8 Å². The van der Waals surface area contributed by atoms with E-state index in [1.54, 1.807) is 4.90 Å². The SMILES string of the molecule is CN1CCN(C(=O)C(Cc2ccc(NCc3ccccc3)cc2)NC(=O)O)CC1. The minimum Gasteiger partial charge on any atom is -0.465 e. The fourth-order valence-corrected chi connectivity index (χ4v) is 3.39. The number of carboxylic acid groups (broad SMARTS) is 1. The molecule has 2 aromatic rings. The lowest BCUT2D eigenvalue weighted by Gasteiger charge is -2.34. The molecule has 0 bridgehead atoms. The summed E-state index contributed by atoms with van der Waals surface area (Å²) < 4.78 is 0. The number of piperazine rings is 1. The van der Waals surface area contributed by atoms with Gasteiger partial charge in [-0.15, -0.1) is 0 Å². The Morgan fingerprint density at radius 1 is 0.966 bits per heavy atom. The molecule has 2 aromatic carbocycles. The Labute approximate surface area is 171 Å². The fraction of sp³-hybridized carbons (Fsp3) is 0.364. The minimum atomic E-state index is -1.18. The predicted molar refractivity (Wildman–Crippen MR) is 113 cm³/mol. The molecule has 7 heteroatoms. The highest BCUT2D eigenvalue weighted by Gasteiger charge is 2.28. The Balaban J connectivity index is 1.60. The van der Waals surface area contributed by atoms with E-state index in [-0.39, 0.29) is 5.91 Å². The van der Waals surface area contributed by atoms with Gasteiger partial charge in [-0.3, -0.25) is 4.79 Å². The molecule has 1 aliphatic rings. The third-order valence-corrected chi connectivity index (χ3v) is 5.14. The van der Waals surface area contributed by atoms with Crippen molar-refractivity contribution in [3.8, 4) is 0 Å². The molecule has 0 aromatic heterocycles. The van der Waals surface area contributed by atoms with Crippen molar-refractivity contribution in [3.63, 3.8) is 0 Å². The van der Waals surface area contributed by atoms with Crippen LogP contribution in [-0.2, 0) is 17.8 Å². The molecule has 0 saturated carbocycles. The first kappa shape index (κ1) is 20.7. The Kier molecular flexibility index (Phi) is 7.08. The van der Waals surface area contributed by atoms with E-state index in [9.17, 15) is 14.7 Å². The van der Waals surface area contributed by atoms with Crippen LogP contribution in [0.25, 0.3) is 0 Å². The van der Waals surface area contributed by atoms with Crippen molar-refractivity contribution in [1.29, 1.82) is 0 Å². The van der Waals surface area contributed by atoms with Gasteiger partial charge in [0.2, 0.25) is 5.91 Å². The average molecular weight is 396 g/mol. The molecule has 1 heterocycles. The van der Waals surface area contributed by atoms with Crippen LogP contribution in [0.15, 0.2) is 54.6 Å². The highest BCUT2D eigenvalue weighted by molar-refractivity contribution is 5.85. The Hall–Kier alpha value is -3.06. The van der Waals surface area contributed by atoms with Crippen molar-refractivity contribution < 1.29 is 14.7 Å². The second-order valence-corrected chi connectivity index (χ2v) is 7.37. The van der Waals surface area contributed by atoms with Gasteiger partial charge < -0.3 is 25.5 Å². The topological polar surface area (TPSA) is 84.9 Å². The summed E-state index contributed by atoms with van der Waals surface area (Å²) in [5.74, 6) is -0.160. The molecule has 29 heavy (non-hydrogen) atoms. The molecule has 154 valence electrons. The van der Waals surface area contributed by atoms with Gasteiger partial charge in [0.25, 0.3) is 0 Å². The normalized spacial score (nSPS) is 15.6. The summed E-state index contributed by atoms with van der Waals surface area (Å²) in [5.41, 5.74) is 3.09. The van der Waals surface area contributed by atoms with E-state index >= 15 is 0 Å². The molecular weight excluding hydrogens is 368 g/mol. The summed E-state index contributed by atoms with van der Waals surface area (Å²) in [6, 6.07) is 17.1. The zero-order valence-corrected chi connectivity index (χ0v) is 16.7. The summed E-state index contributed by atoms with van der Waals surface area (Å²) in [7, 11) is 2.02. The zero-order valence-electron chi connectivity index (χ0n) is 16.7. The van der Waals surface area contributed by atoms with Gasteiger partial charge in [0.15, 0.2) is 0 Å². The molecule has 1 aliphatic heterocycles. The van der Waals surface area contributed by atoms with Crippen LogP contribution < -0.4 is 10.6 Å². The van der Waals surface area contributed by atoms with Gasteiger partial charge in [0.1, 0.15) is 6.04 Å². The van der Waals surface area contributed by atoms with Crippen LogP contribution in [0.5, 0.6) is 0 Å². The van der Waals surface area contributed by atoms with E-state index in [2.05, 4.69) is 27.7 Å². The first-order chi connectivity index (χ1) is 14.0. The Morgan fingerprint density at radius 2 is 1.62 bits per heavy atom. The average Bonchev–Trinajstić information content (AvgIpc) is 2.73. The number of amides is 2. The van der Waals surface area contributed by atoms with Crippen molar-refractivity contribution in [3.05, 3.63) is 65.7 Å². The molecule has 0 radical (unpaired) electrons. The summed E-state index contributed by atoms with van der Waals surface area (Å²) >= 11 is 0. The van der Waals surface area contributed by atoms with Crippen LogP contribution in [0.1, 0.15) is 11.1 Å². The summed E-state index contributed by atoms with van der Waals surface area (Å²) in [6.07, 6.45) is -0.852. The fourth-order valence-electron chi connectivity index (χ4n) is 3.39. The number of nitrogens with zero attached hydrogens (tertiary/aromatic N) is 2. The minimum absolute atomic E-state index is 0.160. The van der Waals surface area contributed by atoms with E-state index in [1.165, 1.54) is 5.56 Å². The van der Waals surface area contributed by atoms with Crippen LogP contribution in [0.2, 0.25) is 0 Å². The molecule has 1 saturated heterocycles. The van der Waals surface area contributed by atoms with Crippen LogP contribution in [0.3, 0.4) is 0 Å². The summed E-state index contributed by atoms with van der Waals surface area (Å²) in [5, 5.41) is 14.9. The van der Waals surface area contributed by atoms with Crippen molar-refractivity contribution in [2.24, 2.45) is 0 Å². The van der Waals surface area contributed by atoms with Gasteiger partial charge in [-0.25, -0.2) is 4.79 Å². The lowest BCUT2D eigenvalue weighted by molar-refractivity contribution is -0.134. The quantitative estimate of drug-likeness (QED) is 0.669. The molecule has 1 unspecified atom stereocenters. The first-order valence-electron chi connectivity index (χ1n) is 9.85. The molecule has 7 nitrogen and oxygen atoms in total. The van der Waals surface area contributed by atoms with Gasteiger partial charge in [-0.2, -0.15) is 0 Å². The molecule has 1 fully saturated rings. The van der Waals surface area contributed by atoms with Crippen molar-refractivity contribution in [2.75, 3.05) is 38.5 Å². The maximum absolute atomic E-state index is 12.8. The molecule has 1 atom stereocenters. The van der Waals surface area contributed by atoms with Crippen LogP contribution in [0.4, 0.5) is 10.5 Å². The number of rotatable bonds is 7. The van der Waals surface area contributed by atoms with Gasteiger partial charge in [-0.1, -0.05) is 42.5 Å². The van der Waals surface area contributed by atoms with Gasteiger partial charge >= 0.3 is 6.09 Å². The molecule has 0 aliphatic carbocycles. The summed E-state index contributed by atoms with van der Waals surface area (Å²) in [6.45, 7) is 3.57. The molecule has 0 spiro atoms. The lowest BCUT2D eigenvalue weighted by atomic mass is 10.0. The van der Waals surface area contributed by atoms with Crippen LogP contribution in [0, 0.1) is 0 Å². The van der Waals surface area contributed by atoms with Crippen LogP contribution >= 0.6 is 0 Å². The third kappa shape index (κ3) is 6.22. The number of carbonyl (C=O) groups is 2. The first-order valence-corrected chi connectivity index (χ1v) is 9.85. The highest BCUT2D eigenvalue weighted by Crippen LogP contribution is 2.14. The van der Waals surface area contributed by atoms with Gasteiger partial charge in [0.05, 0.1) is 0 Å². The Morgan fingerprint density at radius 3 is 2.24 bits per heavy atom. The lowest BCUT2D eigenvalue weighted by Crippen LogP contribution is -2.54. The van der Waals surface area contributed by atoms with Crippen molar-refractivity contribution in [1.82, 2.24) is 15.1 Å². The smallest absolute Gasteiger partial charge is 0.405 e. The monoisotopic (exact) mass is 396 g/mol.